The number of hydrogen-bond acceptors (Lipinski definition) is 8. The number of carbonyl (C=O) groups is 1. The first kappa shape index (κ1) is 24.2. The number of amides is 1. The van der Waals surface area contributed by atoms with E-state index in [-0.39, 0.29) is 5.91 Å². The number of rotatable bonds is 9. The van der Waals surface area contributed by atoms with Crippen molar-refractivity contribution in [1.29, 1.82) is 0 Å². The Morgan fingerprint density at radius 3 is 2.39 bits per heavy atom. The van der Waals surface area contributed by atoms with Crippen LogP contribution in [0, 0.1) is 0 Å². The molecule has 0 spiro atoms. The summed E-state index contributed by atoms with van der Waals surface area (Å²) in [6.45, 7) is 0. The molecule has 0 aliphatic heterocycles. The fourth-order valence-corrected chi connectivity index (χ4v) is 4.02. The maximum atomic E-state index is 13.2. The van der Waals surface area contributed by atoms with E-state index in [0.29, 0.717) is 22.0 Å². The van der Waals surface area contributed by atoms with Crippen LogP contribution in [0.4, 0.5) is 17.3 Å². The molecule has 0 radical (unpaired) electrons. The smallest absolute Gasteiger partial charge is 0.258 e. The van der Waals surface area contributed by atoms with Crippen LogP contribution in [0.3, 0.4) is 0 Å². The second kappa shape index (κ2) is 10.9. The third kappa shape index (κ3) is 6.07. The molecule has 8 nitrogen and oxygen atoms in total. The number of hydrogen-bond donors (Lipinski definition) is 1. The van der Waals surface area contributed by atoms with Crippen molar-refractivity contribution in [3.8, 4) is 11.5 Å². The van der Waals surface area contributed by atoms with Gasteiger partial charge in [-0.15, -0.1) is 11.8 Å². The molecule has 33 heavy (non-hydrogen) atoms. The highest BCUT2D eigenvalue weighted by Crippen LogP contribution is 2.32. The van der Waals surface area contributed by atoms with E-state index in [0.717, 1.165) is 28.7 Å². The Morgan fingerprint density at radius 1 is 0.970 bits per heavy atom. The molecule has 0 unspecified atom stereocenters. The van der Waals surface area contributed by atoms with E-state index >= 15 is 0 Å². The lowest BCUT2D eigenvalue weighted by Crippen LogP contribution is -2.17. The van der Waals surface area contributed by atoms with Crippen LogP contribution in [0.1, 0.15) is 15.9 Å². The molecule has 2 heterocycles. The molecule has 3 rings (SSSR count). The first-order valence-corrected chi connectivity index (χ1v) is 11.3. The second-order valence-electron chi connectivity index (χ2n) is 7.63. The summed E-state index contributed by atoms with van der Waals surface area (Å²) in [6, 6.07) is 12.9. The Balaban J connectivity index is 1.87. The average Bonchev–Trinajstić information content (AvgIpc) is 2.82. The van der Waals surface area contributed by atoms with E-state index in [2.05, 4.69) is 10.3 Å². The van der Waals surface area contributed by atoms with Gasteiger partial charge in [0.2, 0.25) is 0 Å². The molecule has 174 valence electrons. The minimum atomic E-state index is -0.229. The summed E-state index contributed by atoms with van der Waals surface area (Å²) in [5.74, 6) is 3.34. The van der Waals surface area contributed by atoms with Gasteiger partial charge >= 0.3 is 0 Å². The minimum Gasteiger partial charge on any atom is -0.497 e. The van der Waals surface area contributed by atoms with Gasteiger partial charge < -0.3 is 24.6 Å². The molecule has 9 heteroatoms. The second-order valence-corrected chi connectivity index (χ2v) is 8.60. The molecule has 0 saturated heterocycles. The SMILES string of the molecule is COc1ccc(CSc2nc(N(C)C)ccc2C(=O)Nc2ccnc(N(C)C)c2)c(OC)c1. The monoisotopic (exact) mass is 467 g/mol. The van der Waals surface area contributed by atoms with Gasteiger partial charge in [0.25, 0.3) is 5.91 Å². The quantitative estimate of drug-likeness (QED) is 0.470. The largest absolute Gasteiger partial charge is 0.497 e. The summed E-state index contributed by atoms with van der Waals surface area (Å²) in [6.07, 6.45) is 1.67. The van der Waals surface area contributed by atoms with Crippen molar-refractivity contribution in [3.05, 3.63) is 59.8 Å². The molecule has 0 aliphatic rings. The molecule has 3 aromatic rings. The number of methoxy groups -OCH3 is 2. The van der Waals surface area contributed by atoms with E-state index in [1.807, 2.05) is 68.3 Å². The molecule has 1 N–H and O–H groups in total. The summed E-state index contributed by atoms with van der Waals surface area (Å²) in [5.41, 5.74) is 2.15. The number of aromatic nitrogens is 2. The van der Waals surface area contributed by atoms with E-state index in [4.69, 9.17) is 14.5 Å². The highest BCUT2D eigenvalue weighted by Gasteiger charge is 2.17. The number of ether oxygens (including phenoxy) is 2. The van der Waals surface area contributed by atoms with Gasteiger partial charge in [-0.3, -0.25) is 4.79 Å². The molecule has 2 aromatic heterocycles. The van der Waals surface area contributed by atoms with Crippen molar-refractivity contribution in [2.75, 3.05) is 57.5 Å². The summed E-state index contributed by atoms with van der Waals surface area (Å²) < 4.78 is 10.8. The fraction of sp³-hybridized carbons (Fsp3) is 0.292. The highest BCUT2D eigenvalue weighted by atomic mass is 32.2. The number of thioether (sulfide) groups is 1. The predicted octanol–water partition coefficient (Wildman–Crippen LogP) is 4.17. The molecule has 0 fully saturated rings. The number of nitrogens with one attached hydrogen (secondary N) is 1. The minimum absolute atomic E-state index is 0.229. The topological polar surface area (TPSA) is 79.8 Å². The number of nitrogens with zero attached hydrogens (tertiary/aromatic N) is 4. The number of pyridine rings is 2. The van der Waals surface area contributed by atoms with Crippen molar-refractivity contribution in [2.24, 2.45) is 0 Å². The van der Waals surface area contributed by atoms with Crippen LogP contribution in [-0.2, 0) is 5.75 Å². The van der Waals surface area contributed by atoms with Crippen LogP contribution in [-0.4, -0.2) is 58.3 Å². The molecule has 0 aliphatic carbocycles. The zero-order valence-corrected chi connectivity index (χ0v) is 20.6. The fourth-order valence-electron chi connectivity index (χ4n) is 3.02. The van der Waals surface area contributed by atoms with E-state index in [9.17, 15) is 4.79 Å². The first-order chi connectivity index (χ1) is 15.8. The maximum Gasteiger partial charge on any atom is 0.258 e. The predicted molar refractivity (Wildman–Crippen MR) is 134 cm³/mol. The van der Waals surface area contributed by atoms with Crippen LogP contribution in [0.2, 0.25) is 0 Å². The normalized spacial score (nSPS) is 10.5. The van der Waals surface area contributed by atoms with Crippen LogP contribution in [0.5, 0.6) is 11.5 Å². The molecule has 0 atom stereocenters. The van der Waals surface area contributed by atoms with Crippen molar-refractivity contribution >= 4 is 35.0 Å². The van der Waals surface area contributed by atoms with E-state index in [1.165, 1.54) is 11.8 Å². The lowest BCUT2D eigenvalue weighted by molar-refractivity contribution is 0.102. The van der Waals surface area contributed by atoms with Gasteiger partial charge in [0, 0.05) is 63.5 Å². The molecule has 0 bridgehead atoms. The van der Waals surface area contributed by atoms with Gasteiger partial charge in [0.05, 0.1) is 19.8 Å². The van der Waals surface area contributed by atoms with Crippen molar-refractivity contribution in [3.63, 3.8) is 0 Å². The molecular formula is C24H29N5O3S. The van der Waals surface area contributed by atoms with Gasteiger partial charge in [-0.1, -0.05) is 6.07 Å². The van der Waals surface area contributed by atoms with E-state index in [1.54, 1.807) is 32.5 Å². The van der Waals surface area contributed by atoms with Crippen molar-refractivity contribution < 1.29 is 14.3 Å². The van der Waals surface area contributed by atoms with Crippen LogP contribution in [0.15, 0.2) is 53.7 Å². The van der Waals surface area contributed by atoms with Gasteiger partial charge in [-0.2, -0.15) is 0 Å². The summed E-state index contributed by atoms with van der Waals surface area (Å²) >= 11 is 1.48. The lowest BCUT2D eigenvalue weighted by Gasteiger charge is -2.16. The van der Waals surface area contributed by atoms with Crippen LogP contribution in [0.25, 0.3) is 0 Å². The molecule has 1 amide bonds. The molecule has 0 saturated carbocycles. The van der Waals surface area contributed by atoms with Gasteiger partial charge in [0.1, 0.15) is 28.2 Å². The average molecular weight is 468 g/mol. The molecular weight excluding hydrogens is 438 g/mol. The molecule has 1 aromatic carbocycles. The van der Waals surface area contributed by atoms with Gasteiger partial charge in [-0.25, -0.2) is 9.97 Å². The third-order valence-electron chi connectivity index (χ3n) is 4.87. The Kier molecular flexibility index (Phi) is 8.00. The van der Waals surface area contributed by atoms with E-state index < -0.39 is 0 Å². The number of carbonyl (C=O) groups excluding carboxylic acids is 1. The van der Waals surface area contributed by atoms with Gasteiger partial charge in [0.15, 0.2) is 0 Å². The van der Waals surface area contributed by atoms with Crippen molar-refractivity contribution in [2.45, 2.75) is 10.8 Å². The summed E-state index contributed by atoms with van der Waals surface area (Å²) in [7, 11) is 10.9. The first-order valence-electron chi connectivity index (χ1n) is 10.3. The number of benzene rings is 1. The standard InChI is InChI=1S/C24H29N5O3S/c1-28(2)21-10-9-19(23(30)26-17-11-12-25-22(13-17)29(3)4)24(27-21)33-15-16-7-8-18(31-5)14-20(16)32-6/h7-14H,15H2,1-6H3,(H,25,26,30). The third-order valence-corrected chi connectivity index (χ3v) is 5.91. The maximum absolute atomic E-state index is 13.2. The van der Waals surface area contributed by atoms with Gasteiger partial charge in [-0.05, 0) is 24.3 Å². The Labute approximate surface area is 198 Å². The lowest BCUT2D eigenvalue weighted by atomic mass is 10.2. The van der Waals surface area contributed by atoms with Crippen molar-refractivity contribution in [1.82, 2.24) is 9.97 Å². The Bertz CT molecular complexity index is 1120. The van der Waals surface area contributed by atoms with Crippen LogP contribution < -0.4 is 24.6 Å². The highest BCUT2D eigenvalue weighted by molar-refractivity contribution is 7.98. The zero-order valence-electron chi connectivity index (χ0n) is 19.7. The zero-order chi connectivity index (χ0) is 24.0. The summed E-state index contributed by atoms with van der Waals surface area (Å²) in [5, 5.41) is 3.60. The Morgan fingerprint density at radius 2 is 1.73 bits per heavy atom. The van der Waals surface area contributed by atoms with Crippen LogP contribution >= 0.6 is 11.8 Å². The summed E-state index contributed by atoms with van der Waals surface area (Å²) in [4.78, 5) is 26.0. The Hall–Kier alpha value is -3.46. The number of anilines is 3.